The van der Waals surface area contributed by atoms with Gasteiger partial charge in [-0.2, -0.15) is 0 Å². The zero-order valence-electron chi connectivity index (χ0n) is 15.0. The number of carbonyl (C=O) groups excluding carboxylic acids is 1. The van der Waals surface area contributed by atoms with Gasteiger partial charge in [0.2, 0.25) is 0 Å². The number of carbonyl (C=O) groups is 1. The number of allylic oxidation sites excluding steroid dienone is 2. The van der Waals surface area contributed by atoms with Gasteiger partial charge in [0, 0.05) is 12.3 Å². The minimum absolute atomic E-state index is 0.267. The molecule has 0 aromatic carbocycles. The molecule has 0 bridgehead atoms. The Balaban J connectivity index is 1.64. The molecule has 3 fully saturated rings. The molecule has 1 N–H and O–H groups in total. The van der Waals surface area contributed by atoms with E-state index < -0.39 is 0 Å². The summed E-state index contributed by atoms with van der Waals surface area (Å²) in [6.07, 6.45) is 11.7. The fourth-order valence-corrected chi connectivity index (χ4v) is 7.51. The second-order valence-electron chi connectivity index (χ2n) is 9.51. The van der Waals surface area contributed by atoms with Gasteiger partial charge in [-0.15, -0.1) is 0 Å². The van der Waals surface area contributed by atoms with Crippen LogP contribution in [0.1, 0.15) is 72.1 Å². The van der Waals surface area contributed by atoms with Crippen LogP contribution in [0, 0.1) is 40.4 Å². The molecule has 0 heterocycles. The predicted molar refractivity (Wildman–Crippen MR) is 92.0 cm³/mol. The molecule has 4 aliphatic rings. The van der Waals surface area contributed by atoms with Crippen LogP contribution in [0.2, 0.25) is 0 Å². The number of hydrogen-bond donors (Lipinski definition) is 1. The van der Waals surface area contributed by atoms with Crippen molar-refractivity contribution in [1.29, 1.82) is 0 Å². The molecule has 0 radical (unpaired) electrons. The van der Waals surface area contributed by atoms with E-state index in [2.05, 4.69) is 19.9 Å². The van der Waals surface area contributed by atoms with Crippen LogP contribution in [0.15, 0.2) is 11.8 Å². The van der Waals surface area contributed by atoms with Gasteiger partial charge in [0.25, 0.3) is 0 Å². The van der Waals surface area contributed by atoms with Crippen LogP contribution < -0.4 is 0 Å². The van der Waals surface area contributed by atoms with Crippen molar-refractivity contribution in [3.8, 4) is 0 Å². The summed E-state index contributed by atoms with van der Waals surface area (Å²) in [6, 6.07) is 0. The number of hydrogen-bond acceptors (Lipinski definition) is 2. The van der Waals surface area contributed by atoms with Crippen molar-refractivity contribution in [1.82, 2.24) is 0 Å². The van der Waals surface area contributed by atoms with Crippen molar-refractivity contribution in [2.45, 2.75) is 72.1 Å². The normalized spacial score (nSPS) is 52.1. The first-order valence-corrected chi connectivity index (χ1v) is 9.76. The van der Waals surface area contributed by atoms with Gasteiger partial charge in [-0.1, -0.05) is 13.8 Å². The van der Waals surface area contributed by atoms with Crippen LogP contribution in [0.25, 0.3) is 0 Å². The molecule has 0 aromatic rings. The lowest BCUT2D eigenvalue weighted by Gasteiger charge is -2.59. The molecule has 2 nitrogen and oxygen atoms in total. The van der Waals surface area contributed by atoms with Gasteiger partial charge in [-0.3, -0.25) is 4.79 Å². The van der Waals surface area contributed by atoms with E-state index in [-0.39, 0.29) is 5.41 Å². The first-order chi connectivity index (χ1) is 10.9. The third-order valence-electron chi connectivity index (χ3n) is 8.75. The number of ketones is 1. The molecule has 7 atom stereocenters. The Morgan fingerprint density at radius 3 is 2.52 bits per heavy atom. The van der Waals surface area contributed by atoms with Gasteiger partial charge in [0.05, 0.1) is 5.76 Å². The Morgan fingerprint density at radius 2 is 1.78 bits per heavy atom. The highest BCUT2D eigenvalue weighted by Gasteiger charge is 2.60. The highest BCUT2D eigenvalue weighted by atomic mass is 16.3. The molecular weight excluding hydrogens is 284 g/mol. The van der Waals surface area contributed by atoms with E-state index in [1.165, 1.54) is 32.1 Å². The van der Waals surface area contributed by atoms with Gasteiger partial charge in [-0.05, 0) is 92.4 Å². The monoisotopic (exact) mass is 316 g/mol. The number of fused-ring (bicyclic) bond motifs is 5. The van der Waals surface area contributed by atoms with Crippen LogP contribution in [-0.2, 0) is 4.79 Å². The van der Waals surface area contributed by atoms with Crippen molar-refractivity contribution in [2.75, 3.05) is 0 Å². The minimum Gasteiger partial charge on any atom is -0.513 e. The van der Waals surface area contributed by atoms with Crippen molar-refractivity contribution < 1.29 is 9.90 Å². The molecule has 0 aliphatic heterocycles. The second kappa shape index (κ2) is 5.10. The summed E-state index contributed by atoms with van der Waals surface area (Å²) in [5.74, 6) is 4.32. The average Bonchev–Trinajstić information content (AvgIpc) is 2.85. The summed E-state index contributed by atoms with van der Waals surface area (Å²) in [4.78, 5) is 12.2. The number of aliphatic hydroxyl groups excluding tert-OH is 1. The predicted octanol–water partition coefficient (Wildman–Crippen LogP) is 5.29. The van der Waals surface area contributed by atoms with Crippen LogP contribution in [0.4, 0.5) is 0 Å². The number of rotatable bonds is 1. The fourth-order valence-electron chi connectivity index (χ4n) is 7.51. The molecule has 128 valence electrons. The van der Waals surface area contributed by atoms with Gasteiger partial charge in [0.1, 0.15) is 5.78 Å². The van der Waals surface area contributed by atoms with Gasteiger partial charge in [-0.25, -0.2) is 0 Å². The third-order valence-corrected chi connectivity index (χ3v) is 8.75. The Morgan fingerprint density at radius 1 is 1.04 bits per heavy atom. The Kier molecular flexibility index (Phi) is 3.49. The smallest absolute Gasteiger partial charge is 0.133 e. The molecule has 23 heavy (non-hydrogen) atoms. The van der Waals surface area contributed by atoms with Crippen molar-refractivity contribution in [3.63, 3.8) is 0 Å². The maximum absolute atomic E-state index is 12.2. The molecule has 4 rings (SSSR count). The van der Waals surface area contributed by atoms with Crippen LogP contribution in [0.5, 0.6) is 0 Å². The third kappa shape index (κ3) is 2.09. The van der Waals surface area contributed by atoms with Gasteiger partial charge < -0.3 is 5.11 Å². The van der Waals surface area contributed by atoms with E-state index in [4.69, 9.17) is 0 Å². The highest BCUT2D eigenvalue weighted by Crippen LogP contribution is 2.67. The molecular formula is C21H32O2. The topological polar surface area (TPSA) is 37.3 Å². The fraction of sp³-hybridized carbons (Fsp3) is 0.857. The Hall–Kier alpha value is -0.790. The summed E-state index contributed by atoms with van der Waals surface area (Å²) in [6.45, 7) is 6.74. The molecule has 0 aromatic heterocycles. The second-order valence-corrected chi connectivity index (χ2v) is 9.51. The molecule has 0 spiro atoms. The van der Waals surface area contributed by atoms with Crippen LogP contribution in [-0.4, -0.2) is 10.9 Å². The SMILES string of the molecule is CC(=O)[C@H]1CC[C@H]2[C@@H]3CC[C@H]4C=C(O)CC[C@]4(C)[C@H]3CC[C@]12C. The average molecular weight is 316 g/mol. The van der Waals surface area contributed by atoms with E-state index >= 15 is 0 Å². The Labute approximate surface area is 140 Å². The van der Waals surface area contributed by atoms with Crippen LogP contribution in [0.3, 0.4) is 0 Å². The molecule has 2 heteroatoms. The van der Waals surface area contributed by atoms with E-state index in [1.54, 1.807) is 0 Å². The summed E-state index contributed by atoms with van der Waals surface area (Å²) >= 11 is 0. The first-order valence-electron chi connectivity index (χ1n) is 9.76. The maximum atomic E-state index is 12.2. The zero-order valence-corrected chi connectivity index (χ0v) is 15.0. The summed E-state index contributed by atoms with van der Waals surface area (Å²) < 4.78 is 0. The van der Waals surface area contributed by atoms with E-state index in [1.807, 2.05) is 6.92 Å². The zero-order chi connectivity index (χ0) is 16.4. The molecule has 3 saturated carbocycles. The van der Waals surface area contributed by atoms with E-state index in [9.17, 15) is 9.90 Å². The number of aliphatic hydroxyl groups is 1. The summed E-state index contributed by atoms with van der Waals surface area (Å²) in [7, 11) is 0. The highest BCUT2D eigenvalue weighted by molar-refractivity contribution is 5.79. The maximum Gasteiger partial charge on any atom is 0.133 e. The van der Waals surface area contributed by atoms with Crippen LogP contribution >= 0.6 is 0 Å². The number of Topliss-reactive ketones (excluding diaryl/α,β-unsaturated/α-hetero) is 1. The quantitative estimate of drug-likeness (QED) is 0.714. The molecule has 0 saturated heterocycles. The first kappa shape index (κ1) is 15.7. The lowest BCUT2D eigenvalue weighted by molar-refractivity contribution is -0.130. The van der Waals surface area contributed by atoms with Gasteiger partial charge >= 0.3 is 0 Å². The van der Waals surface area contributed by atoms with Gasteiger partial charge in [0.15, 0.2) is 0 Å². The minimum atomic E-state index is 0.267. The molecule has 0 unspecified atom stereocenters. The van der Waals surface area contributed by atoms with E-state index in [0.717, 1.165) is 37.0 Å². The van der Waals surface area contributed by atoms with Crippen molar-refractivity contribution in [2.24, 2.45) is 40.4 Å². The van der Waals surface area contributed by atoms with E-state index in [0.29, 0.717) is 28.8 Å². The molecule has 4 aliphatic carbocycles. The Bertz CT molecular complexity index is 550. The van der Waals surface area contributed by atoms with Crippen molar-refractivity contribution >= 4 is 5.78 Å². The van der Waals surface area contributed by atoms with Crippen molar-refractivity contribution in [3.05, 3.63) is 11.8 Å². The summed E-state index contributed by atoms with van der Waals surface area (Å²) in [5, 5.41) is 9.97. The summed E-state index contributed by atoms with van der Waals surface area (Å²) in [5.41, 5.74) is 0.646. The lowest BCUT2D eigenvalue weighted by atomic mass is 9.45. The lowest BCUT2D eigenvalue weighted by Crippen LogP contribution is -2.52. The standard InChI is InChI=1S/C21H32O2/c1-13(22)17-6-7-18-16-5-4-14-12-15(23)8-10-20(14,2)19(16)9-11-21(17,18)3/h12,14,16-19,23H,4-11H2,1-3H3/t14-,16-,17+,18-,19-,20-,21+/m0/s1. The molecule has 0 amide bonds. The largest absolute Gasteiger partial charge is 0.513 e.